The average molecular weight is 618 g/mol. The molecule has 4 aromatic rings. The number of fused-ring (bicyclic) bond motifs is 1. The van der Waals surface area contributed by atoms with E-state index in [2.05, 4.69) is 21.2 Å². The first kappa shape index (κ1) is 28.1. The normalized spacial score (nSPS) is 12.7. The molecule has 1 aliphatic rings. The second-order valence-corrected chi connectivity index (χ2v) is 10.9. The van der Waals surface area contributed by atoms with Crippen LogP contribution in [0.3, 0.4) is 0 Å². The fourth-order valence-electron chi connectivity index (χ4n) is 4.84. The van der Waals surface area contributed by atoms with E-state index in [-0.39, 0.29) is 37.3 Å². The molecular weight excluding hydrogens is 588 g/mol. The number of imide groups is 1. The van der Waals surface area contributed by atoms with Crippen molar-refractivity contribution in [3.05, 3.63) is 116 Å². The van der Waals surface area contributed by atoms with Gasteiger partial charge in [0.2, 0.25) is 0 Å². The maximum atomic E-state index is 13.7. The highest BCUT2D eigenvalue weighted by molar-refractivity contribution is 9.10. The topological polar surface area (TPSA) is 103 Å². The maximum absolute atomic E-state index is 13.7. The molecule has 3 amide bonds. The summed E-state index contributed by atoms with van der Waals surface area (Å²) >= 11 is 3.46. The van der Waals surface area contributed by atoms with Crippen molar-refractivity contribution in [1.82, 2.24) is 19.4 Å². The molecule has 0 saturated heterocycles. The highest BCUT2D eigenvalue weighted by Crippen LogP contribution is 2.24. The number of carbonyl (C=O) groups excluding carboxylic acids is 3. The number of halogens is 1. The van der Waals surface area contributed by atoms with E-state index in [0.717, 1.165) is 10.0 Å². The zero-order chi connectivity index (χ0) is 29.3. The van der Waals surface area contributed by atoms with E-state index in [9.17, 15) is 19.2 Å². The van der Waals surface area contributed by atoms with Gasteiger partial charge in [-0.1, -0.05) is 34.1 Å². The zero-order valence-corrected chi connectivity index (χ0v) is 24.5. The van der Waals surface area contributed by atoms with E-state index < -0.39 is 17.5 Å². The molecule has 1 aromatic heterocycles. The number of hydrogen-bond acceptors (Lipinski definition) is 5. The molecule has 1 aliphatic heterocycles. The van der Waals surface area contributed by atoms with E-state index in [0.29, 0.717) is 28.3 Å². The molecule has 0 bridgehead atoms. The van der Waals surface area contributed by atoms with Gasteiger partial charge in [0.15, 0.2) is 0 Å². The molecular formula is C31H29BrN4O5. The van der Waals surface area contributed by atoms with Crippen LogP contribution in [0.4, 0.5) is 0 Å². The van der Waals surface area contributed by atoms with Crippen LogP contribution >= 0.6 is 15.9 Å². The van der Waals surface area contributed by atoms with Gasteiger partial charge in [-0.2, -0.15) is 0 Å². The van der Waals surface area contributed by atoms with Crippen LogP contribution in [0, 0.1) is 6.92 Å². The second kappa shape index (κ2) is 11.6. The molecule has 3 aromatic carbocycles. The Balaban J connectivity index is 1.55. The number of amides is 3. The lowest BCUT2D eigenvalue weighted by Crippen LogP contribution is -2.41. The van der Waals surface area contributed by atoms with E-state index in [1.807, 2.05) is 26.8 Å². The number of aromatic nitrogens is 2. The summed E-state index contributed by atoms with van der Waals surface area (Å²) < 4.78 is 9.41. The van der Waals surface area contributed by atoms with Crippen molar-refractivity contribution in [3.63, 3.8) is 0 Å². The van der Waals surface area contributed by atoms with Crippen molar-refractivity contribution < 1.29 is 19.1 Å². The monoisotopic (exact) mass is 616 g/mol. The largest absolute Gasteiger partial charge is 0.491 e. The molecule has 9 nitrogen and oxygen atoms in total. The molecule has 0 aliphatic carbocycles. The van der Waals surface area contributed by atoms with Gasteiger partial charge in [-0.3, -0.25) is 28.8 Å². The number of aryl methyl sites for hydroxylation is 1. The third-order valence-corrected chi connectivity index (χ3v) is 7.71. The smallest absolute Gasteiger partial charge is 0.333 e. The minimum atomic E-state index is -0.735. The summed E-state index contributed by atoms with van der Waals surface area (Å²) in [5.41, 5.74) is 2.09. The molecule has 210 valence electrons. The minimum absolute atomic E-state index is 0.00120. The number of nitrogens with zero attached hydrogens (tertiary/aromatic N) is 3. The fraction of sp³-hybridized carbons (Fsp3) is 0.226. The summed E-state index contributed by atoms with van der Waals surface area (Å²) in [4.78, 5) is 55.4. The molecule has 0 spiro atoms. The predicted octanol–water partition coefficient (Wildman–Crippen LogP) is 4.72. The van der Waals surface area contributed by atoms with Crippen molar-refractivity contribution in [2.24, 2.45) is 0 Å². The van der Waals surface area contributed by atoms with Crippen LogP contribution in [0.15, 0.2) is 82.1 Å². The number of benzene rings is 3. The van der Waals surface area contributed by atoms with Gasteiger partial charge in [0.05, 0.1) is 24.0 Å². The molecule has 2 heterocycles. The maximum Gasteiger partial charge on any atom is 0.333 e. The van der Waals surface area contributed by atoms with Crippen LogP contribution in [0.1, 0.15) is 56.3 Å². The molecule has 41 heavy (non-hydrogen) atoms. The summed E-state index contributed by atoms with van der Waals surface area (Å²) in [6.45, 7) is 6.23. The number of nitrogens with one attached hydrogen (secondary N) is 1. The van der Waals surface area contributed by atoms with Gasteiger partial charge < -0.3 is 9.64 Å². The molecule has 10 heteroatoms. The van der Waals surface area contributed by atoms with E-state index >= 15 is 0 Å². The number of hydrogen-bond donors (Lipinski definition) is 1. The van der Waals surface area contributed by atoms with Crippen LogP contribution in [0.5, 0.6) is 5.75 Å². The highest BCUT2D eigenvalue weighted by Gasteiger charge is 2.33. The van der Waals surface area contributed by atoms with Gasteiger partial charge in [0.25, 0.3) is 17.7 Å². The third kappa shape index (κ3) is 5.74. The summed E-state index contributed by atoms with van der Waals surface area (Å²) in [5, 5.41) is 2.43. The Bertz CT molecular complexity index is 1690. The zero-order valence-electron chi connectivity index (χ0n) is 22.9. The summed E-state index contributed by atoms with van der Waals surface area (Å²) in [5.74, 6) is -0.924. The number of ether oxygens (including phenoxy) is 1. The summed E-state index contributed by atoms with van der Waals surface area (Å²) in [6, 6.07) is 20.5. The van der Waals surface area contributed by atoms with Gasteiger partial charge in [-0.25, -0.2) is 4.79 Å². The Kier molecular flexibility index (Phi) is 7.94. The van der Waals surface area contributed by atoms with Gasteiger partial charge in [-0.05, 0) is 80.9 Å². The third-order valence-electron chi connectivity index (χ3n) is 6.82. The van der Waals surface area contributed by atoms with E-state index in [1.165, 1.54) is 9.13 Å². The number of rotatable bonds is 6. The molecule has 0 atom stereocenters. The highest BCUT2D eigenvalue weighted by atomic mass is 79.9. The molecule has 0 saturated carbocycles. The number of carbonyl (C=O) groups is 3. The average Bonchev–Trinajstić information content (AvgIpc) is 3.26. The molecule has 0 fully saturated rings. The lowest BCUT2D eigenvalue weighted by Gasteiger charge is -2.28. The lowest BCUT2D eigenvalue weighted by molar-refractivity contribution is 0.0704. The first-order valence-corrected chi connectivity index (χ1v) is 14.0. The standard InChI is InChI=1S/C31H29BrN4O5/c1-19(2)41-24-12-10-23(11-13-24)36-27(29(38)33-28(37)21-7-5-4-6-8-21)26-18-34(15-16-35(26)31(36)40)30(39)22-9-14-25(32)20(3)17-22/h4-14,17,19H,15-16,18H2,1-3H3,(H,33,37,38). The number of imidazole rings is 1. The first-order valence-electron chi connectivity index (χ1n) is 13.2. The van der Waals surface area contributed by atoms with Gasteiger partial charge in [0.1, 0.15) is 11.4 Å². The quantitative estimate of drug-likeness (QED) is 0.316. The molecule has 5 rings (SSSR count). The van der Waals surface area contributed by atoms with Crippen LogP contribution < -0.4 is 15.7 Å². The van der Waals surface area contributed by atoms with Crippen molar-refractivity contribution >= 4 is 33.7 Å². The van der Waals surface area contributed by atoms with Crippen LogP contribution in [-0.4, -0.2) is 44.4 Å². The Hall–Kier alpha value is -4.44. The summed E-state index contributed by atoms with van der Waals surface area (Å²) in [6.07, 6.45) is -0.0336. The summed E-state index contributed by atoms with van der Waals surface area (Å²) in [7, 11) is 0. The Labute approximate surface area is 245 Å². The SMILES string of the molecule is Cc1cc(C(=O)N2CCn3c(c(C(=O)NC(=O)c4ccccc4)n(-c4ccc(OC(C)C)cc4)c3=O)C2)ccc1Br. The molecule has 0 radical (unpaired) electrons. The first-order chi connectivity index (χ1) is 19.6. The van der Waals surface area contributed by atoms with Gasteiger partial charge in [-0.15, -0.1) is 0 Å². The lowest BCUT2D eigenvalue weighted by atomic mass is 10.1. The van der Waals surface area contributed by atoms with Gasteiger partial charge in [0, 0.05) is 28.7 Å². The van der Waals surface area contributed by atoms with Crippen LogP contribution in [0.2, 0.25) is 0 Å². The van der Waals surface area contributed by atoms with Crippen molar-refractivity contribution in [1.29, 1.82) is 0 Å². The van der Waals surface area contributed by atoms with Crippen molar-refractivity contribution in [3.8, 4) is 11.4 Å². The van der Waals surface area contributed by atoms with Crippen LogP contribution in [-0.2, 0) is 13.1 Å². The van der Waals surface area contributed by atoms with Gasteiger partial charge >= 0.3 is 5.69 Å². The fourth-order valence-corrected chi connectivity index (χ4v) is 5.08. The van der Waals surface area contributed by atoms with E-state index in [4.69, 9.17) is 4.74 Å². The Morgan fingerprint density at radius 3 is 2.27 bits per heavy atom. The molecule has 1 N–H and O–H groups in total. The predicted molar refractivity (Wildman–Crippen MR) is 158 cm³/mol. The van der Waals surface area contributed by atoms with Crippen LogP contribution in [0.25, 0.3) is 5.69 Å². The molecule has 0 unspecified atom stereocenters. The Morgan fingerprint density at radius 1 is 0.902 bits per heavy atom. The minimum Gasteiger partial charge on any atom is -0.491 e. The Morgan fingerprint density at radius 2 is 1.61 bits per heavy atom. The van der Waals surface area contributed by atoms with Crippen molar-refractivity contribution in [2.75, 3.05) is 6.54 Å². The second-order valence-electron chi connectivity index (χ2n) is 10.1. The van der Waals surface area contributed by atoms with Crippen molar-refractivity contribution in [2.45, 2.75) is 40.0 Å². The van der Waals surface area contributed by atoms with E-state index in [1.54, 1.807) is 71.6 Å².